The van der Waals surface area contributed by atoms with Crippen molar-refractivity contribution in [3.05, 3.63) is 113 Å². The van der Waals surface area contributed by atoms with E-state index in [0.29, 0.717) is 16.4 Å². The van der Waals surface area contributed by atoms with Gasteiger partial charge in [-0.3, -0.25) is 13.8 Å². The molecule has 0 spiro atoms. The molecule has 0 unspecified atom stereocenters. The van der Waals surface area contributed by atoms with Gasteiger partial charge in [0.25, 0.3) is 20.0 Å². The average molecular weight is 598 g/mol. The summed E-state index contributed by atoms with van der Waals surface area (Å²) in [6.45, 7) is 4.95. The Balaban J connectivity index is 1.54. The summed E-state index contributed by atoms with van der Waals surface area (Å²) in [5.41, 5.74) is 3.55. The van der Waals surface area contributed by atoms with Crippen LogP contribution in [0.2, 0.25) is 5.02 Å². The van der Waals surface area contributed by atoms with Crippen LogP contribution in [0.1, 0.15) is 16.7 Å². The van der Waals surface area contributed by atoms with Gasteiger partial charge in [0, 0.05) is 10.7 Å². The van der Waals surface area contributed by atoms with E-state index in [-0.39, 0.29) is 15.5 Å². The summed E-state index contributed by atoms with van der Waals surface area (Å²) in [7, 11) is -7.97. The molecule has 0 aliphatic rings. The molecule has 4 rings (SSSR count). The molecule has 0 atom stereocenters. The number of nitrogens with one attached hydrogen (secondary N) is 2. The topological polar surface area (TPSA) is 113 Å². The third-order valence-corrected chi connectivity index (χ3v) is 9.58. The quantitative estimate of drug-likeness (QED) is 0.249. The normalized spacial score (nSPS) is 11.6. The van der Waals surface area contributed by atoms with Crippen LogP contribution in [0.15, 0.2) is 101 Å². The maximum atomic E-state index is 13.5. The van der Waals surface area contributed by atoms with E-state index in [1.807, 2.05) is 39.0 Å². The van der Waals surface area contributed by atoms with Crippen LogP contribution < -0.4 is 14.3 Å². The molecule has 11 heteroatoms. The summed E-state index contributed by atoms with van der Waals surface area (Å²) in [4.78, 5) is 13.1. The second-order valence-electron chi connectivity index (χ2n) is 9.25. The lowest BCUT2D eigenvalue weighted by atomic mass is 10.1. The third-order valence-electron chi connectivity index (χ3n) is 6.18. The first kappa shape index (κ1) is 29.1. The number of carbonyl (C=O) groups excluding carboxylic acids is 1. The van der Waals surface area contributed by atoms with Gasteiger partial charge in [-0.15, -0.1) is 0 Å². The summed E-state index contributed by atoms with van der Waals surface area (Å²) in [6, 6.07) is 23.5. The number of benzene rings is 4. The van der Waals surface area contributed by atoms with Crippen LogP contribution in [0.3, 0.4) is 0 Å². The zero-order valence-corrected chi connectivity index (χ0v) is 24.4. The highest BCUT2D eigenvalue weighted by Crippen LogP contribution is 2.27. The van der Waals surface area contributed by atoms with Crippen molar-refractivity contribution in [2.45, 2.75) is 30.6 Å². The summed E-state index contributed by atoms with van der Waals surface area (Å²) >= 11 is 5.99. The first-order chi connectivity index (χ1) is 18.9. The van der Waals surface area contributed by atoms with Gasteiger partial charge in [-0.05, 0) is 92.6 Å². The lowest BCUT2D eigenvalue weighted by Crippen LogP contribution is -2.38. The average Bonchev–Trinajstić information content (AvgIpc) is 2.91. The highest BCUT2D eigenvalue weighted by atomic mass is 35.5. The van der Waals surface area contributed by atoms with Gasteiger partial charge >= 0.3 is 0 Å². The Labute approximate surface area is 239 Å². The Morgan fingerprint density at radius 1 is 0.750 bits per heavy atom. The molecule has 0 saturated carbocycles. The van der Waals surface area contributed by atoms with Gasteiger partial charge in [0.05, 0.1) is 21.2 Å². The zero-order chi connectivity index (χ0) is 29.1. The molecule has 208 valence electrons. The molecule has 0 heterocycles. The van der Waals surface area contributed by atoms with Crippen molar-refractivity contribution in [1.82, 2.24) is 0 Å². The van der Waals surface area contributed by atoms with Crippen molar-refractivity contribution in [1.29, 1.82) is 0 Å². The number of aryl methyl sites for hydroxylation is 3. The van der Waals surface area contributed by atoms with Gasteiger partial charge < -0.3 is 5.32 Å². The molecular weight excluding hydrogens is 570 g/mol. The van der Waals surface area contributed by atoms with Crippen molar-refractivity contribution in [3.63, 3.8) is 0 Å². The highest BCUT2D eigenvalue weighted by Gasteiger charge is 2.27. The van der Waals surface area contributed by atoms with Crippen molar-refractivity contribution >= 4 is 54.6 Å². The predicted octanol–water partition coefficient (Wildman–Crippen LogP) is 5.90. The fourth-order valence-corrected chi connectivity index (χ4v) is 6.73. The van der Waals surface area contributed by atoms with E-state index in [1.54, 1.807) is 12.1 Å². The molecule has 4 aromatic rings. The van der Waals surface area contributed by atoms with Crippen LogP contribution >= 0.6 is 11.6 Å². The van der Waals surface area contributed by atoms with Gasteiger partial charge in [0.2, 0.25) is 5.91 Å². The number of halogens is 1. The molecular formula is C29H28ClN3O5S2. The summed E-state index contributed by atoms with van der Waals surface area (Å²) < 4.78 is 56.5. The monoisotopic (exact) mass is 597 g/mol. The molecule has 0 fully saturated rings. The number of rotatable bonds is 9. The third kappa shape index (κ3) is 6.64. The van der Waals surface area contributed by atoms with Gasteiger partial charge in [-0.1, -0.05) is 47.5 Å². The van der Waals surface area contributed by atoms with Gasteiger partial charge in [0.1, 0.15) is 6.54 Å². The van der Waals surface area contributed by atoms with E-state index in [1.165, 1.54) is 60.7 Å². The Morgan fingerprint density at radius 2 is 1.30 bits per heavy atom. The Kier molecular flexibility index (Phi) is 8.53. The zero-order valence-electron chi connectivity index (χ0n) is 22.1. The molecule has 4 aromatic carbocycles. The number of carbonyl (C=O) groups is 1. The van der Waals surface area contributed by atoms with Gasteiger partial charge in [-0.25, -0.2) is 16.8 Å². The molecule has 0 aliphatic carbocycles. The number of anilines is 3. The predicted molar refractivity (Wildman–Crippen MR) is 159 cm³/mol. The minimum Gasteiger partial charge on any atom is -0.325 e. The number of hydrogen-bond donors (Lipinski definition) is 2. The van der Waals surface area contributed by atoms with Crippen LogP contribution in [0.5, 0.6) is 0 Å². The van der Waals surface area contributed by atoms with Crippen molar-refractivity contribution in [2.75, 3.05) is 20.9 Å². The van der Waals surface area contributed by atoms with E-state index < -0.39 is 32.5 Å². The number of nitrogens with zero attached hydrogens (tertiary/aromatic N) is 1. The number of hydrogen-bond acceptors (Lipinski definition) is 5. The van der Waals surface area contributed by atoms with Gasteiger partial charge in [-0.2, -0.15) is 0 Å². The Hall–Kier alpha value is -3.86. The fourth-order valence-electron chi connectivity index (χ4n) is 3.98. The van der Waals surface area contributed by atoms with Crippen LogP contribution in [0.25, 0.3) is 0 Å². The van der Waals surface area contributed by atoms with E-state index >= 15 is 0 Å². The van der Waals surface area contributed by atoms with Crippen LogP contribution in [-0.2, 0) is 24.8 Å². The molecule has 0 saturated heterocycles. The first-order valence-corrected chi connectivity index (χ1v) is 15.5. The molecule has 40 heavy (non-hydrogen) atoms. The molecule has 2 N–H and O–H groups in total. The lowest BCUT2D eigenvalue weighted by Gasteiger charge is -2.24. The molecule has 0 aromatic heterocycles. The molecule has 8 nitrogen and oxygen atoms in total. The molecule has 0 aliphatic heterocycles. The second kappa shape index (κ2) is 11.7. The maximum Gasteiger partial charge on any atom is 0.264 e. The summed E-state index contributed by atoms with van der Waals surface area (Å²) in [5.74, 6) is -0.616. The van der Waals surface area contributed by atoms with Crippen LogP contribution in [0, 0.1) is 20.8 Å². The van der Waals surface area contributed by atoms with E-state index in [9.17, 15) is 21.6 Å². The first-order valence-electron chi connectivity index (χ1n) is 12.2. The maximum absolute atomic E-state index is 13.5. The van der Waals surface area contributed by atoms with E-state index in [0.717, 1.165) is 21.0 Å². The van der Waals surface area contributed by atoms with Gasteiger partial charge in [0.15, 0.2) is 0 Å². The van der Waals surface area contributed by atoms with Crippen molar-refractivity contribution < 1.29 is 21.6 Å². The summed E-state index contributed by atoms with van der Waals surface area (Å²) in [6.07, 6.45) is 0. The van der Waals surface area contributed by atoms with E-state index in [4.69, 9.17) is 11.6 Å². The number of para-hydroxylation sites is 1. The van der Waals surface area contributed by atoms with E-state index in [2.05, 4.69) is 10.0 Å². The minimum absolute atomic E-state index is 0.0119. The Bertz CT molecular complexity index is 1720. The lowest BCUT2D eigenvalue weighted by molar-refractivity contribution is -0.114. The number of amides is 1. The summed E-state index contributed by atoms with van der Waals surface area (Å²) in [5, 5.41) is 3.07. The highest BCUT2D eigenvalue weighted by molar-refractivity contribution is 7.93. The fraction of sp³-hybridized carbons (Fsp3) is 0.138. The standard InChI is InChI=1S/C29H28ClN3O5S2/c1-20-7-15-27(16-8-20)40(37,38)33(25-13-9-23(30)10-14-25)19-28(34)31-24-11-17-26(18-12-24)39(35,36)32-29-21(2)5-4-6-22(29)3/h4-18,32H,19H2,1-3H3,(H,31,34). The molecule has 0 radical (unpaired) electrons. The minimum atomic E-state index is -4.09. The second-order valence-corrected chi connectivity index (χ2v) is 13.2. The van der Waals surface area contributed by atoms with Crippen LogP contribution in [0.4, 0.5) is 17.1 Å². The number of sulfonamides is 2. The van der Waals surface area contributed by atoms with Crippen LogP contribution in [-0.4, -0.2) is 29.3 Å². The van der Waals surface area contributed by atoms with Crippen molar-refractivity contribution in [3.8, 4) is 0 Å². The largest absolute Gasteiger partial charge is 0.325 e. The molecule has 0 bridgehead atoms. The van der Waals surface area contributed by atoms with Crippen molar-refractivity contribution in [2.24, 2.45) is 0 Å². The smallest absolute Gasteiger partial charge is 0.264 e. The Morgan fingerprint density at radius 3 is 1.88 bits per heavy atom. The molecule has 1 amide bonds. The SMILES string of the molecule is Cc1ccc(S(=O)(=O)N(CC(=O)Nc2ccc(S(=O)(=O)Nc3c(C)cccc3C)cc2)c2ccc(Cl)cc2)cc1.